The Morgan fingerprint density at radius 2 is 2.38 bits per heavy atom. The fourth-order valence-electron chi connectivity index (χ4n) is 1.62. The highest BCUT2D eigenvalue weighted by Crippen LogP contribution is 2.15. The molecule has 0 bridgehead atoms. The van der Waals surface area contributed by atoms with Crippen LogP contribution in [-0.4, -0.2) is 32.4 Å². The molecule has 1 atom stereocenters. The maximum absolute atomic E-state index is 13.5. The molecule has 1 aromatic heterocycles. The number of halogens is 1. The van der Waals surface area contributed by atoms with E-state index in [4.69, 9.17) is 5.11 Å². The summed E-state index contributed by atoms with van der Waals surface area (Å²) in [5.41, 5.74) is 0.519. The van der Waals surface area contributed by atoms with Crippen LogP contribution in [0.2, 0.25) is 0 Å². The summed E-state index contributed by atoms with van der Waals surface area (Å²) in [5, 5.41) is 15.2. The minimum absolute atomic E-state index is 0.107. The highest BCUT2D eigenvalue weighted by molar-refractivity contribution is 5.93. The lowest BCUT2D eigenvalue weighted by Gasteiger charge is -2.12. The van der Waals surface area contributed by atoms with Gasteiger partial charge in [-0.05, 0) is 25.1 Å². The number of nitrogens with zero attached hydrogens (tertiary/aromatic N) is 3. The third kappa shape index (κ3) is 3.64. The molecule has 2 rings (SSSR count). The number of aliphatic hydroxyl groups is 1. The van der Waals surface area contributed by atoms with E-state index in [1.54, 1.807) is 6.92 Å². The fourth-order valence-corrected chi connectivity index (χ4v) is 1.62. The molecule has 1 heterocycles. The number of carbonyl (C=O) groups excluding carboxylic acids is 1. The molecule has 2 aromatic rings. The van der Waals surface area contributed by atoms with Crippen LogP contribution in [-0.2, 0) is 4.79 Å². The van der Waals surface area contributed by atoms with E-state index in [0.29, 0.717) is 5.69 Å². The Kier molecular flexibility index (Phi) is 4.64. The van der Waals surface area contributed by atoms with Gasteiger partial charge in [-0.2, -0.15) is 5.10 Å². The van der Waals surface area contributed by atoms with Gasteiger partial charge in [0, 0.05) is 5.69 Å². The number of nitrogens with one attached hydrogen (secondary N) is 1. The molecule has 0 saturated heterocycles. The van der Waals surface area contributed by atoms with Gasteiger partial charge in [0.2, 0.25) is 5.91 Å². The van der Waals surface area contributed by atoms with E-state index in [1.165, 1.54) is 35.5 Å². The molecule has 7 heteroatoms. The van der Waals surface area contributed by atoms with E-state index >= 15 is 0 Å². The summed E-state index contributed by atoms with van der Waals surface area (Å²) in [7, 11) is 0. The summed E-state index contributed by atoms with van der Waals surface area (Å²) in [6, 6.07) is 3.50. The first-order valence-electron chi connectivity index (χ1n) is 6.16. The monoisotopic (exact) mass is 288 g/mol. The van der Waals surface area contributed by atoms with Crippen LogP contribution in [0.5, 0.6) is 0 Å². The molecule has 108 valence electrons. The molecule has 0 saturated carbocycles. The van der Waals surface area contributed by atoms with Crippen molar-refractivity contribution in [3.05, 3.63) is 42.2 Å². The fraction of sp³-hybridized carbons (Fsp3) is 0.214. The topological polar surface area (TPSA) is 80.0 Å². The summed E-state index contributed by atoms with van der Waals surface area (Å²) in [4.78, 5) is 15.8. The second-order valence-electron chi connectivity index (χ2n) is 4.20. The Labute approximate surface area is 120 Å². The Hall–Kier alpha value is -2.72. The predicted molar refractivity (Wildman–Crippen MR) is 73.7 cm³/mol. The molecule has 0 aliphatic carbocycles. The number of hydrogen-bond donors (Lipinski definition) is 2. The quantitative estimate of drug-likeness (QED) is 0.824. The number of anilines is 1. The normalized spacial score (nSPS) is 11.4. The summed E-state index contributed by atoms with van der Waals surface area (Å²) >= 11 is 0. The van der Waals surface area contributed by atoms with E-state index in [9.17, 15) is 9.18 Å². The van der Waals surface area contributed by atoms with Crippen molar-refractivity contribution < 1.29 is 14.3 Å². The SMILES string of the molecule is CC(C(=O)Nc1ccc(F)c(C#CCO)c1)n1cncn1. The van der Waals surface area contributed by atoms with Crippen LogP contribution in [0, 0.1) is 17.7 Å². The number of aliphatic hydroxyl groups excluding tert-OH is 1. The minimum Gasteiger partial charge on any atom is -0.384 e. The summed E-state index contributed by atoms with van der Waals surface area (Å²) in [6.45, 7) is 1.30. The lowest BCUT2D eigenvalue weighted by Crippen LogP contribution is -2.24. The van der Waals surface area contributed by atoms with Crippen LogP contribution in [0.15, 0.2) is 30.9 Å². The van der Waals surface area contributed by atoms with Crippen molar-refractivity contribution >= 4 is 11.6 Å². The van der Waals surface area contributed by atoms with Gasteiger partial charge in [-0.25, -0.2) is 14.1 Å². The highest BCUT2D eigenvalue weighted by atomic mass is 19.1. The molecule has 1 unspecified atom stereocenters. The molecule has 21 heavy (non-hydrogen) atoms. The molecule has 0 fully saturated rings. The van der Waals surface area contributed by atoms with Crippen molar-refractivity contribution in [2.24, 2.45) is 0 Å². The molecule has 0 radical (unpaired) electrons. The van der Waals surface area contributed by atoms with Gasteiger partial charge < -0.3 is 10.4 Å². The molecule has 1 amide bonds. The summed E-state index contributed by atoms with van der Waals surface area (Å²) in [6.07, 6.45) is 2.78. The van der Waals surface area contributed by atoms with Crippen LogP contribution < -0.4 is 5.32 Å². The largest absolute Gasteiger partial charge is 0.384 e. The molecular formula is C14H13FN4O2. The first-order valence-corrected chi connectivity index (χ1v) is 6.16. The van der Waals surface area contributed by atoms with Crippen LogP contribution >= 0.6 is 0 Å². The Balaban J connectivity index is 2.14. The Bertz CT molecular complexity index is 689. The van der Waals surface area contributed by atoms with Gasteiger partial charge in [0.1, 0.15) is 31.1 Å². The standard InChI is InChI=1S/C14H13FN4O2/c1-10(19-9-16-8-17-19)14(21)18-12-4-5-13(15)11(7-12)3-2-6-20/h4-5,7-10,20H,6H2,1H3,(H,18,21). The van der Waals surface area contributed by atoms with Gasteiger partial charge in [0.25, 0.3) is 0 Å². The van der Waals surface area contributed by atoms with Crippen LogP contribution in [0.1, 0.15) is 18.5 Å². The summed E-state index contributed by atoms with van der Waals surface area (Å²) in [5.74, 6) is 4.01. The Morgan fingerprint density at radius 1 is 1.57 bits per heavy atom. The van der Waals surface area contributed by atoms with E-state index in [0.717, 1.165) is 0 Å². The van der Waals surface area contributed by atoms with E-state index in [2.05, 4.69) is 27.2 Å². The lowest BCUT2D eigenvalue weighted by atomic mass is 10.2. The van der Waals surface area contributed by atoms with Crippen molar-refractivity contribution in [1.29, 1.82) is 0 Å². The maximum Gasteiger partial charge on any atom is 0.249 e. The molecule has 0 spiro atoms. The second-order valence-corrected chi connectivity index (χ2v) is 4.20. The molecule has 0 aliphatic rings. The predicted octanol–water partition coefficient (Wildman–Crippen LogP) is 0.961. The third-order valence-electron chi connectivity index (χ3n) is 2.75. The van der Waals surface area contributed by atoms with Crippen LogP contribution in [0.25, 0.3) is 0 Å². The van der Waals surface area contributed by atoms with Crippen molar-refractivity contribution in [2.75, 3.05) is 11.9 Å². The maximum atomic E-state index is 13.5. The second kappa shape index (κ2) is 6.63. The van der Waals surface area contributed by atoms with E-state index in [1.807, 2.05) is 0 Å². The van der Waals surface area contributed by atoms with Crippen molar-refractivity contribution in [3.63, 3.8) is 0 Å². The average Bonchev–Trinajstić information content (AvgIpc) is 3.01. The number of aromatic nitrogens is 3. The first kappa shape index (κ1) is 14.7. The number of carbonyl (C=O) groups is 1. The smallest absolute Gasteiger partial charge is 0.249 e. The zero-order chi connectivity index (χ0) is 15.2. The van der Waals surface area contributed by atoms with Gasteiger partial charge >= 0.3 is 0 Å². The highest BCUT2D eigenvalue weighted by Gasteiger charge is 2.15. The number of hydrogen-bond acceptors (Lipinski definition) is 4. The van der Waals surface area contributed by atoms with Gasteiger partial charge in [-0.3, -0.25) is 4.79 Å². The lowest BCUT2D eigenvalue weighted by molar-refractivity contribution is -0.119. The number of rotatable bonds is 3. The average molecular weight is 288 g/mol. The van der Waals surface area contributed by atoms with E-state index < -0.39 is 11.9 Å². The van der Waals surface area contributed by atoms with Crippen molar-refractivity contribution in [2.45, 2.75) is 13.0 Å². The molecule has 2 N–H and O–H groups in total. The van der Waals surface area contributed by atoms with E-state index in [-0.39, 0.29) is 18.1 Å². The Morgan fingerprint density at radius 3 is 3.05 bits per heavy atom. The van der Waals surface area contributed by atoms with Crippen molar-refractivity contribution in [1.82, 2.24) is 14.8 Å². The third-order valence-corrected chi connectivity index (χ3v) is 2.75. The molecule has 1 aromatic carbocycles. The number of benzene rings is 1. The molecular weight excluding hydrogens is 275 g/mol. The zero-order valence-electron chi connectivity index (χ0n) is 11.2. The summed E-state index contributed by atoms with van der Waals surface area (Å²) < 4.78 is 14.9. The van der Waals surface area contributed by atoms with Crippen molar-refractivity contribution in [3.8, 4) is 11.8 Å². The molecule has 0 aliphatic heterocycles. The van der Waals surface area contributed by atoms with Crippen LogP contribution in [0.3, 0.4) is 0 Å². The van der Waals surface area contributed by atoms with Gasteiger partial charge in [0.15, 0.2) is 0 Å². The van der Waals surface area contributed by atoms with Gasteiger partial charge in [-0.1, -0.05) is 11.8 Å². The van der Waals surface area contributed by atoms with Crippen LogP contribution in [0.4, 0.5) is 10.1 Å². The molecule has 6 nitrogen and oxygen atoms in total. The van der Waals surface area contributed by atoms with Gasteiger partial charge in [-0.15, -0.1) is 0 Å². The zero-order valence-corrected chi connectivity index (χ0v) is 11.2. The number of amides is 1. The first-order chi connectivity index (χ1) is 10.1. The van der Waals surface area contributed by atoms with Gasteiger partial charge in [0.05, 0.1) is 5.56 Å². The minimum atomic E-state index is -0.551.